The molecule has 0 saturated heterocycles. The standard InChI is InChI=1S/C12H15ClN6O/c1-2-3-14-10-5-8(4-9(13)18-10)12(20)15-6-11-16-7-17-19-11/h4-5,7H,2-3,6H2,1H3,(H,14,18)(H,15,20)(H,16,17,19). The molecule has 0 radical (unpaired) electrons. The first kappa shape index (κ1) is 14.3. The molecule has 2 heterocycles. The van der Waals surface area contributed by atoms with E-state index in [9.17, 15) is 4.79 Å². The summed E-state index contributed by atoms with van der Waals surface area (Å²) in [6, 6.07) is 3.19. The Labute approximate surface area is 121 Å². The average molecular weight is 295 g/mol. The molecule has 20 heavy (non-hydrogen) atoms. The van der Waals surface area contributed by atoms with E-state index in [4.69, 9.17) is 11.6 Å². The highest BCUT2D eigenvalue weighted by Crippen LogP contribution is 2.14. The van der Waals surface area contributed by atoms with Gasteiger partial charge in [-0.1, -0.05) is 18.5 Å². The molecular formula is C12H15ClN6O. The molecule has 0 bridgehead atoms. The minimum absolute atomic E-state index is 0.245. The predicted octanol–water partition coefficient (Wildman–Crippen LogP) is 1.60. The largest absolute Gasteiger partial charge is 0.370 e. The lowest BCUT2D eigenvalue weighted by Gasteiger charge is -2.08. The molecule has 0 unspecified atom stereocenters. The number of anilines is 1. The maximum absolute atomic E-state index is 12.0. The van der Waals surface area contributed by atoms with Gasteiger partial charge in [0.1, 0.15) is 23.1 Å². The third-order valence-electron chi connectivity index (χ3n) is 2.49. The summed E-state index contributed by atoms with van der Waals surface area (Å²) in [4.78, 5) is 20.1. The fourth-order valence-electron chi connectivity index (χ4n) is 1.55. The Morgan fingerprint density at radius 2 is 2.30 bits per heavy atom. The number of pyridine rings is 1. The van der Waals surface area contributed by atoms with Crippen molar-refractivity contribution in [1.29, 1.82) is 0 Å². The first-order valence-electron chi connectivity index (χ1n) is 6.23. The Morgan fingerprint density at radius 3 is 3.00 bits per heavy atom. The molecule has 7 nitrogen and oxygen atoms in total. The molecule has 0 spiro atoms. The van der Waals surface area contributed by atoms with Crippen molar-refractivity contribution in [2.45, 2.75) is 19.9 Å². The van der Waals surface area contributed by atoms with Gasteiger partial charge in [0.15, 0.2) is 0 Å². The Bertz CT molecular complexity index is 571. The maximum Gasteiger partial charge on any atom is 0.251 e. The average Bonchev–Trinajstić information content (AvgIpc) is 2.95. The van der Waals surface area contributed by atoms with Crippen LogP contribution in [0.4, 0.5) is 5.82 Å². The van der Waals surface area contributed by atoms with Crippen molar-refractivity contribution < 1.29 is 4.79 Å². The quantitative estimate of drug-likeness (QED) is 0.703. The van der Waals surface area contributed by atoms with Crippen LogP contribution in [-0.2, 0) is 6.54 Å². The van der Waals surface area contributed by atoms with Crippen LogP contribution in [0.15, 0.2) is 18.5 Å². The van der Waals surface area contributed by atoms with Crippen LogP contribution in [0.3, 0.4) is 0 Å². The van der Waals surface area contributed by atoms with Gasteiger partial charge < -0.3 is 10.6 Å². The highest BCUT2D eigenvalue weighted by atomic mass is 35.5. The highest BCUT2D eigenvalue weighted by molar-refractivity contribution is 6.29. The highest BCUT2D eigenvalue weighted by Gasteiger charge is 2.09. The Kier molecular flexibility index (Phi) is 4.89. The molecule has 0 atom stereocenters. The second kappa shape index (κ2) is 6.85. The number of halogens is 1. The van der Waals surface area contributed by atoms with Crippen LogP contribution in [0.25, 0.3) is 0 Å². The van der Waals surface area contributed by atoms with E-state index in [1.807, 2.05) is 6.92 Å². The van der Waals surface area contributed by atoms with Crippen LogP contribution in [0, 0.1) is 0 Å². The Hall–Kier alpha value is -2.15. The number of carbonyl (C=O) groups excluding carboxylic acids is 1. The molecular weight excluding hydrogens is 280 g/mol. The molecule has 1 amide bonds. The van der Waals surface area contributed by atoms with Gasteiger partial charge in [-0.05, 0) is 18.6 Å². The number of H-pyrrole nitrogens is 1. The van der Waals surface area contributed by atoms with E-state index in [-0.39, 0.29) is 17.6 Å². The van der Waals surface area contributed by atoms with E-state index < -0.39 is 0 Å². The van der Waals surface area contributed by atoms with Crippen LogP contribution in [0.2, 0.25) is 5.15 Å². The number of aromatic amines is 1. The monoisotopic (exact) mass is 294 g/mol. The zero-order chi connectivity index (χ0) is 14.4. The number of nitrogens with one attached hydrogen (secondary N) is 3. The summed E-state index contributed by atoms with van der Waals surface area (Å²) in [5, 5.41) is 12.5. The van der Waals surface area contributed by atoms with E-state index in [2.05, 4.69) is 30.8 Å². The van der Waals surface area contributed by atoms with Crippen LogP contribution in [0.1, 0.15) is 29.5 Å². The van der Waals surface area contributed by atoms with Crippen LogP contribution < -0.4 is 10.6 Å². The number of aromatic nitrogens is 4. The van der Waals surface area contributed by atoms with Crippen molar-refractivity contribution in [2.75, 3.05) is 11.9 Å². The number of nitrogens with zero attached hydrogens (tertiary/aromatic N) is 3. The lowest BCUT2D eigenvalue weighted by atomic mass is 10.2. The zero-order valence-corrected chi connectivity index (χ0v) is 11.7. The first-order chi connectivity index (χ1) is 9.69. The van der Waals surface area contributed by atoms with E-state index in [1.165, 1.54) is 12.4 Å². The van der Waals surface area contributed by atoms with E-state index in [0.717, 1.165) is 13.0 Å². The lowest BCUT2D eigenvalue weighted by molar-refractivity contribution is 0.0950. The van der Waals surface area contributed by atoms with Crippen LogP contribution in [-0.4, -0.2) is 32.6 Å². The molecule has 2 aromatic heterocycles. The van der Waals surface area contributed by atoms with Gasteiger partial charge in [0.2, 0.25) is 0 Å². The van der Waals surface area contributed by atoms with E-state index in [0.29, 0.717) is 17.2 Å². The van der Waals surface area contributed by atoms with Gasteiger partial charge in [-0.3, -0.25) is 9.89 Å². The van der Waals surface area contributed by atoms with Gasteiger partial charge in [-0.25, -0.2) is 9.97 Å². The topological polar surface area (TPSA) is 95.6 Å². The van der Waals surface area contributed by atoms with Crippen LogP contribution >= 0.6 is 11.6 Å². The molecule has 3 N–H and O–H groups in total. The minimum atomic E-state index is -0.245. The van der Waals surface area contributed by atoms with Crippen molar-refractivity contribution in [1.82, 2.24) is 25.5 Å². The molecule has 0 fully saturated rings. The third kappa shape index (κ3) is 3.92. The Morgan fingerprint density at radius 1 is 1.45 bits per heavy atom. The number of hydrogen-bond donors (Lipinski definition) is 3. The molecule has 0 aliphatic carbocycles. The predicted molar refractivity (Wildman–Crippen MR) is 75.6 cm³/mol. The van der Waals surface area contributed by atoms with Crippen molar-refractivity contribution in [3.8, 4) is 0 Å². The number of amides is 1. The fraction of sp³-hybridized carbons (Fsp3) is 0.333. The molecule has 2 aromatic rings. The van der Waals surface area contributed by atoms with Crippen molar-refractivity contribution in [2.24, 2.45) is 0 Å². The summed E-state index contributed by atoms with van der Waals surface area (Å²) in [5.41, 5.74) is 0.447. The van der Waals surface area contributed by atoms with Crippen molar-refractivity contribution in [3.63, 3.8) is 0 Å². The van der Waals surface area contributed by atoms with Crippen molar-refractivity contribution >= 4 is 23.3 Å². The summed E-state index contributed by atoms with van der Waals surface area (Å²) in [6.45, 7) is 3.09. The minimum Gasteiger partial charge on any atom is -0.370 e. The molecule has 8 heteroatoms. The number of carbonyl (C=O) groups is 1. The Balaban J connectivity index is 2.02. The normalized spacial score (nSPS) is 10.3. The second-order valence-electron chi connectivity index (χ2n) is 4.11. The maximum atomic E-state index is 12.0. The SMILES string of the molecule is CCCNc1cc(C(=O)NCc2ncn[nH]2)cc(Cl)n1. The summed E-state index contributed by atoms with van der Waals surface area (Å²) in [5.74, 6) is 0.928. The van der Waals surface area contributed by atoms with E-state index >= 15 is 0 Å². The summed E-state index contributed by atoms with van der Waals surface area (Å²) in [7, 11) is 0. The van der Waals surface area contributed by atoms with Crippen molar-refractivity contribution in [3.05, 3.63) is 35.0 Å². The fourth-order valence-corrected chi connectivity index (χ4v) is 1.76. The molecule has 0 aliphatic heterocycles. The summed E-state index contributed by atoms with van der Waals surface area (Å²) >= 11 is 5.91. The van der Waals surface area contributed by atoms with Gasteiger partial charge in [-0.2, -0.15) is 5.10 Å². The first-order valence-corrected chi connectivity index (χ1v) is 6.60. The van der Waals surface area contributed by atoms with Gasteiger partial charge in [0.25, 0.3) is 5.91 Å². The molecule has 106 valence electrons. The molecule has 2 rings (SSSR count). The van der Waals surface area contributed by atoms with Gasteiger partial charge in [-0.15, -0.1) is 0 Å². The third-order valence-corrected chi connectivity index (χ3v) is 2.69. The smallest absolute Gasteiger partial charge is 0.251 e. The summed E-state index contributed by atoms with van der Waals surface area (Å²) in [6.07, 6.45) is 2.35. The molecule has 0 aliphatic rings. The van der Waals surface area contributed by atoms with Gasteiger partial charge in [0.05, 0.1) is 6.54 Å². The molecule has 0 aromatic carbocycles. The lowest BCUT2D eigenvalue weighted by Crippen LogP contribution is -2.23. The molecule has 0 saturated carbocycles. The summed E-state index contributed by atoms with van der Waals surface area (Å²) < 4.78 is 0. The zero-order valence-electron chi connectivity index (χ0n) is 11.0. The number of hydrogen-bond acceptors (Lipinski definition) is 5. The second-order valence-corrected chi connectivity index (χ2v) is 4.49. The van der Waals surface area contributed by atoms with Gasteiger partial charge >= 0.3 is 0 Å². The van der Waals surface area contributed by atoms with E-state index in [1.54, 1.807) is 6.07 Å². The van der Waals surface area contributed by atoms with Crippen LogP contribution in [0.5, 0.6) is 0 Å². The number of rotatable bonds is 6. The van der Waals surface area contributed by atoms with Gasteiger partial charge in [0, 0.05) is 12.1 Å².